The zero-order valence-corrected chi connectivity index (χ0v) is 14.1. The molecule has 5 nitrogen and oxygen atoms in total. The molecule has 1 aromatic carbocycles. The minimum Gasteiger partial charge on any atom is -0.354 e. The van der Waals surface area contributed by atoms with Crippen LogP contribution >= 0.6 is 0 Å². The summed E-state index contributed by atoms with van der Waals surface area (Å²) in [5.41, 5.74) is -0.563. The number of benzene rings is 1. The van der Waals surface area contributed by atoms with Crippen LogP contribution in [0.4, 0.5) is 13.2 Å². The molecule has 0 saturated carbocycles. The maximum Gasteiger partial charge on any atom is 0.416 e. The molecule has 0 radical (unpaired) electrons. The highest BCUT2D eigenvalue weighted by molar-refractivity contribution is 5.76. The van der Waals surface area contributed by atoms with Crippen molar-refractivity contribution in [3.63, 3.8) is 0 Å². The van der Waals surface area contributed by atoms with Crippen LogP contribution in [0, 0.1) is 0 Å². The lowest BCUT2D eigenvalue weighted by atomic mass is 10.1. The molecule has 2 rings (SSSR count). The van der Waals surface area contributed by atoms with Crippen LogP contribution in [0.25, 0.3) is 11.4 Å². The first-order valence-corrected chi connectivity index (χ1v) is 8.09. The average Bonchev–Trinajstić information content (AvgIpc) is 3.01. The second-order valence-corrected chi connectivity index (χ2v) is 5.85. The molecule has 0 aliphatic heterocycles. The number of hydrogen-bond acceptors (Lipinski definition) is 4. The van der Waals surface area contributed by atoms with Gasteiger partial charge in [0.1, 0.15) is 0 Å². The molecule has 0 unspecified atom stereocenters. The van der Waals surface area contributed by atoms with Crippen LogP contribution in [-0.4, -0.2) is 22.1 Å². The minimum atomic E-state index is -4.43. The van der Waals surface area contributed by atoms with Crippen LogP contribution in [0.1, 0.15) is 44.6 Å². The first-order chi connectivity index (χ1) is 11.8. The molecule has 2 aromatic rings. The van der Waals surface area contributed by atoms with Crippen molar-refractivity contribution >= 4 is 5.91 Å². The quantitative estimate of drug-likeness (QED) is 0.815. The SMILES string of the molecule is CCC[C@@H](C)NC(=O)CCc1nc(-c2cccc(C(F)(F)F)c2)no1. The summed E-state index contributed by atoms with van der Waals surface area (Å²) in [7, 11) is 0. The van der Waals surface area contributed by atoms with Gasteiger partial charge in [-0.1, -0.05) is 30.6 Å². The Kier molecular flexibility index (Phi) is 6.17. The van der Waals surface area contributed by atoms with E-state index in [1.807, 2.05) is 13.8 Å². The third-order valence-corrected chi connectivity index (χ3v) is 3.61. The van der Waals surface area contributed by atoms with Crippen LogP contribution in [0.3, 0.4) is 0 Å². The number of rotatable bonds is 7. The predicted octanol–water partition coefficient (Wildman–Crippen LogP) is 3.99. The molecule has 1 atom stereocenters. The van der Waals surface area contributed by atoms with E-state index in [0.29, 0.717) is 0 Å². The number of nitrogens with zero attached hydrogens (tertiary/aromatic N) is 2. The predicted molar refractivity (Wildman–Crippen MR) is 85.6 cm³/mol. The standard InChI is InChI=1S/C17H20F3N3O2/c1-3-5-11(2)21-14(24)8-9-15-22-16(23-25-15)12-6-4-7-13(10-12)17(18,19)20/h4,6-7,10-11H,3,5,8-9H2,1-2H3,(H,21,24)/t11-/m1/s1. The van der Waals surface area contributed by atoms with Gasteiger partial charge in [0, 0.05) is 24.4 Å². The van der Waals surface area contributed by atoms with E-state index in [2.05, 4.69) is 15.5 Å². The molecule has 0 fully saturated rings. The Hall–Kier alpha value is -2.38. The zero-order chi connectivity index (χ0) is 18.4. The van der Waals surface area contributed by atoms with Crippen molar-refractivity contribution in [3.8, 4) is 11.4 Å². The highest BCUT2D eigenvalue weighted by Gasteiger charge is 2.30. The fourth-order valence-electron chi connectivity index (χ4n) is 2.38. The number of halogens is 3. The molecule has 8 heteroatoms. The Labute approximate surface area is 143 Å². The van der Waals surface area contributed by atoms with Crippen LogP contribution in [0.2, 0.25) is 0 Å². The molecular formula is C17H20F3N3O2. The van der Waals surface area contributed by atoms with Gasteiger partial charge in [0.2, 0.25) is 17.6 Å². The number of aryl methyl sites for hydroxylation is 1. The van der Waals surface area contributed by atoms with Crippen molar-refractivity contribution in [1.82, 2.24) is 15.5 Å². The van der Waals surface area contributed by atoms with E-state index in [1.165, 1.54) is 12.1 Å². The van der Waals surface area contributed by atoms with Crippen LogP contribution in [-0.2, 0) is 17.4 Å². The lowest BCUT2D eigenvalue weighted by Gasteiger charge is -2.11. The number of amides is 1. The summed E-state index contributed by atoms with van der Waals surface area (Å²) in [5, 5.41) is 6.55. The highest BCUT2D eigenvalue weighted by Crippen LogP contribution is 2.31. The Morgan fingerprint density at radius 3 is 2.80 bits per heavy atom. The Morgan fingerprint density at radius 1 is 1.36 bits per heavy atom. The van der Waals surface area contributed by atoms with Crippen molar-refractivity contribution in [3.05, 3.63) is 35.7 Å². The van der Waals surface area contributed by atoms with Gasteiger partial charge in [0.25, 0.3) is 0 Å². The third kappa shape index (κ3) is 5.58. The summed E-state index contributed by atoms with van der Waals surface area (Å²) >= 11 is 0. The van der Waals surface area contributed by atoms with E-state index in [9.17, 15) is 18.0 Å². The van der Waals surface area contributed by atoms with E-state index in [0.717, 1.165) is 25.0 Å². The molecule has 0 bridgehead atoms. The van der Waals surface area contributed by atoms with E-state index in [1.54, 1.807) is 0 Å². The fraction of sp³-hybridized carbons (Fsp3) is 0.471. The van der Waals surface area contributed by atoms with Crippen molar-refractivity contribution in [2.24, 2.45) is 0 Å². The van der Waals surface area contributed by atoms with E-state index in [-0.39, 0.29) is 42.1 Å². The largest absolute Gasteiger partial charge is 0.416 e. The molecule has 1 N–H and O–H groups in total. The van der Waals surface area contributed by atoms with E-state index in [4.69, 9.17) is 4.52 Å². The van der Waals surface area contributed by atoms with Gasteiger partial charge >= 0.3 is 6.18 Å². The molecule has 0 saturated heterocycles. The Balaban J connectivity index is 1.97. The van der Waals surface area contributed by atoms with E-state index >= 15 is 0 Å². The number of carbonyl (C=O) groups is 1. The summed E-state index contributed by atoms with van der Waals surface area (Å²) in [6.07, 6.45) is -2.15. The summed E-state index contributed by atoms with van der Waals surface area (Å²) in [6, 6.07) is 4.81. The van der Waals surface area contributed by atoms with Gasteiger partial charge in [-0.15, -0.1) is 0 Å². The van der Waals surface area contributed by atoms with Gasteiger partial charge in [-0.2, -0.15) is 18.2 Å². The zero-order valence-electron chi connectivity index (χ0n) is 14.1. The highest BCUT2D eigenvalue weighted by atomic mass is 19.4. The molecule has 0 spiro atoms. The first kappa shape index (κ1) is 19.0. The molecule has 1 amide bonds. The first-order valence-electron chi connectivity index (χ1n) is 8.09. The third-order valence-electron chi connectivity index (χ3n) is 3.61. The summed E-state index contributed by atoms with van der Waals surface area (Å²) in [5.74, 6) is 0.159. The van der Waals surface area contributed by atoms with Crippen molar-refractivity contribution in [1.29, 1.82) is 0 Å². The van der Waals surface area contributed by atoms with Gasteiger partial charge in [0.05, 0.1) is 5.56 Å². The number of nitrogens with one attached hydrogen (secondary N) is 1. The van der Waals surface area contributed by atoms with Crippen molar-refractivity contribution in [2.45, 2.75) is 51.7 Å². The number of carbonyl (C=O) groups excluding carboxylic acids is 1. The molecule has 0 aliphatic carbocycles. The second kappa shape index (κ2) is 8.13. The smallest absolute Gasteiger partial charge is 0.354 e. The molecule has 1 heterocycles. The number of hydrogen-bond donors (Lipinski definition) is 1. The number of aromatic nitrogens is 2. The number of alkyl halides is 3. The topological polar surface area (TPSA) is 68.0 Å². The van der Waals surface area contributed by atoms with Crippen molar-refractivity contribution < 1.29 is 22.5 Å². The molecule has 0 aliphatic rings. The van der Waals surface area contributed by atoms with Gasteiger partial charge in [-0.25, -0.2) is 0 Å². The van der Waals surface area contributed by atoms with Gasteiger partial charge in [-0.05, 0) is 25.5 Å². The van der Waals surface area contributed by atoms with Crippen molar-refractivity contribution in [2.75, 3.05) is 0 Å². The van der Waals surface area contributed by atoms with Gasteiger partial charge in [0.15, 0.2) is 0 Å². The van der Waals surface area contributed by atoms with Crippen LogP contribution in [0.5, 0.6) is 0 Å². The monoisotopic (exact) mass is 355 g/mol. The van der Waals surface area contributed by atoms with Crippen LogP contribution < -0.4 is 5.32 Å². The summed E-state index contributed by atoms with van der Waals surface area (Å²) < 4.78 is 43.3. The Bertz CT molecular complexity index is 713. The fourth-order valence-corrected chi connectivity index (χ4v) is 2.38. The summed E-state index contributed by atoms with van der Waals surface area (Å²) in [6.45, 7) is 3.97. The molecule has 1 aromatic heterocycles. The molecule has 136 valence electrons. The van der Waals surface area contributed by atoms with Gasteiger partial charge in [-0.3, -0.25) is 4.79 Å². The van der Waals surface area contributed by atoms with Gasteiger partial charge < -0.3 is 9.84 Å². The molecule has 25 heavy (non-hydrogen) atoms. The van der Waals surface area contributed by atoms with Crippen LogP contribution in [0.15, 0.2) is 28.8 Å². The Morgan fingerprint density at radius 2 is 2.12 bits per heavy atom. The van der Waals surface area contributed by atoms with E-state index < -0.39 is 11.7 Å². The maximum absolute atomic E-state index is 12.7. The average molecular weight is 355 g/mol. The summed E-state index contributed by atoms with van der Waals surface area (Å²) in [4.78, 5) is 15.9. The minimum absolute atomic E-state index is 0.0702. The normalized spacial score (nSPS) is 12.8. The lowest BCUT2D eigenvalue weighted by molar-refractivity contribution is -0.137. The maximum atomic E-state index is 12.7. The lowest BCUT2D eigenvalue weighted by Crippen LogP contribution is -2.32. The second-order valence-electron chi connectivity index (χ2n) is 5.85. The molecular weight excluding hydrogens is 335 g/mol.